The summed E-state index contributed by atoms with van der Waals surface area (Å²) in [6.45, 7) is 4.93. The number of ether oxygens (including phenoxy) is 2. The van der Waals surface area contributed by atoms with Gasteiger partial charge < -0.3 is 18.9 Å². The number of carbonyl (C=O) groups is 3. The van der Waals surface area contributed by atoms with Gasteiger partial charge in [0.25, 0.3) is 5.91 Å². The Kier molecular flexibility index (Phi) is 8.66. The van der Waals surface area contributed by atoms with E-state index in [0.29, 0.717) is 53.6 Å². The predicted molar refractivity (Wildman–Crippen MR) is 171 cm³/mol. The number of urea groups is 1. The average molecular weight is 628 g/mol. The maximum Gasteiger partial charge on any atom is 0.332 e. The molecule has 46 heavy (non-hydrogen) atoms. The van der Waals surface area contributed by atoms with Crippen LogP contribution in [0.3, 0.4) is 0 Å². The maximum atomic E-state index is 14.2. The maximum absolute atomic E-state index is 14.2. The lowest BCUT2D eigenvalue weighted by Gasteiger charge is -2.36. The summed E-state index contributed by atoms with van der Waals surface area (Å²) in [6, 6.07) is 17.5. The van der Waals surface area contributed by atoms with Crippen molar-refractivity contribution in [1.82, 2.24) is 19.4 Å². The number of rotatable bonds is 9. The molecule has 2 fully saturated rings. The number of methoxy groups -OCH3 is 1. The SMILES string of the molecule is COc1ccc(Oc2ccc(N3CC(=O)N([C@@H](CC4CCN(C(=O)C(C)C)CC4)c4nc5ccc(F)cc5n4C)C3=O)cc2)cc1. The minimum absolute atomic E-state index is 0.0707. The zero-order valence-electron chi connectivity index (χ0n) is 26.5. The molecule has 3 aromatic carbocycles. The molecule has 0 spiro atoms. The Balaban J connectivity index is 1.25. The van der Waals surface area contributed by atoms with Gasteiger partial charge in [-0.1, -0.05) is 13.8 Å². The second-order valence-corrected chi connectivity index (χ2v) is 12.2. The van der Waals surface area contributed by atoms with Crippen LogP contribution in [0.2, 0.25) is 0 Å². The number of likely N-dealkylation sites (tertiary alicyclic amines) is 1. The minimum Gasteiger partial charge on any atom is -0.497 e. The van der Waals surface area contributed by atoms with Crippen molar-refractivity contribution in [1.29, 1.82) is 0 Å². The molecule has 0 unspecified atom stereocenters. The van der Waals surface area contributed by atoms with E-state index in [9.17, 15) is 18.8 Å². The first-order chi connectivity index (χ1) is 22.1. The molecule has 0 saturated carbocycles. The van der Waals surface area contributed by atoms with Gasteiger partial charge in [0.2, 0.25) is 5.91 Å². The van der Waals surface area contributed by atoms with Crippen LogP contribution in [0.5, 0.6) is 17.2 Å². The van der Waals surface area contributed by atoms with Gasteiger partial charge in [-0.25, -0.2) is 14.2 Å². The summed E-state index contributed by atoms with van der Waals surface area (Å²) in [5, 5.41) is 0. The van der Waals surface area contributed by atoms with Crippen molar-refractivity contribution in [3.05, 3.63) is 78.4 Å². The first-order valence-electron chi connectivity index (χ1n) is 15.6. The van der Waals surface area contributed by atoms with Crippen LogP contribution in [0, 0.1) is 17.7 Å². The highest BCUT2D eigenvalue weighted by Gasteiger charge is 2.44. The second kappa shape index (κ2) is 12.8. The van der Waals surface area contributed by atoms with E-state index in [0.717, 1.165) is 18.6 Å². The smallest absolute Gasteiger partial charge is 0.332 e. The number of piperidine rings is 1. The molecule has 0 N–H and O–H groups in total. The van der Waals surface area contributed by atoms with E-state index in [1.165, 1.54) is 21.9 Å². The molecule has 2 saturated heterocycles. The van der Waals surface area contributed by atoms with Gasteiger partial charge in [-0.05, 0) is 91.9 Å². The number of imidazole rings is 1. The van der Waals surface area contributed by atoms with Crippen LogP contribution in [0.25, 0.3) is 11.0 Å². The highest BCUT2D eigenvalue weighted by molar-refractivity contribution is 6.12. The fourth-order valence-electron chi connectivity index (χ4n) is 6.37. The third-order valence-corrected chi connectivity index (χ3v) is 8.91. The molecular weight excluding hydrogens is 589 g/mol. The standard InChI is InChI=1S/C35H38FN5O5/c1-22(2)34(43)39-17-15-23(16-18-39)19-31(33-37-29-14-5-24(36)20-30(29)38(33)3)41-32(42)21-40(35(41)44)25-6-8-27(9-7-25)46-28-12-10-26(45-4)11-13-28/h5-14,20,22-23,31H,15-19,21H2,1-4H3/t31-/m0/s1. The zero-order valence-corrected chi connectivity index (χ0v) is 26.5. The molecule has 10 nitrogen and oxygen atoms in total. The molecule has 4 amide bonds. The van der Waals surface area contributed by atoms with Crippen molar-refractivity contribution in [3.63, 3.8) is 0 Å². The lowest BCUT2D eigenvalue weighted by atomic mass is 9.89. The molecule has 2 aliphatic heterocycles. The number of aryl methyl sites for hydroxylation is 1. The first kappa shape index (κ1) is 31.1. The zero-order chi connectivity index (χ0) is 32.5. The summed E-state index contributed by atoms with van der Waals surface area (Å²) in [6.07, 6.45) is 2.00. The molecule has 0 radical (unpaired) electrons. The number of benzene rings is 3. The second-order valence-electron chi connectivity index (χ2n) is 12.2. The molecule has 1 atom stereocenters. The summed E-state index contributed by atoms with van der Waals surface area (Å²) >= 11 is 0. The number of halogens is 1. The number of hydrogen-bond donors (Lipinski definition) is 0. The Morgan fingerprint density at radius 2 is 1.59 bits per heavy atom. The quantitative estimate of drug-likeness (QED) is 0.202. The molecule has 4 aromatic rings. The van der Waals surface area contributed by atoms with Crippen LogP contribution in [-0.4, -0.2) is 63.9 Å². The summed E-state index contributed by atoms with van der Waals surface area (Å²) in [4.78, 5) is 49.8. The fourth-order valence-corrected chi connectivity index (χ4v) is 6.37. The van der Waals surface area contributed by atoms with Gasteiger partial charge in [0.05, 0.1) is 24.2 Å². The van der Waals surface area contributed by atoms with E-state index in [1.807, 2.05) is 18.7 Å². The van der Waals surface area contributed by atoms with E-state index in [1.54, 1.807) is 73.3 Å². The van der Waals surface area contributed by atoms with Gasteiger partial charge in [0, 0.05) is 31.7 Å². The fraction of sp³-hybridized carbons (Fsp3) is 0.371. The molecule has 0 bridgehead atoms. The molecule has 240 valence electrons. The average Bonchev–Trinajstić information content (AvgIpc) is 3.54. The van der Waals surface area contributed by atoms with E-state index in [-0.39, 0.29) is 36.0 Å². The lowest BCUT2D eigenvalue weighted by Crippen LogP contribution is -2.42. The van der Waals surface area contributed by atoms with E-state index >= 15 is 0 Å². The Bertz CT molecular complexity index is 1750. The molecule has 1 aromatic heterocycles. The number of hydrogen-bond acceptors (Lipinski definition) is 6. The normalized spacial score (nSPS) is 16.5. The third kappa shape index (κ3) is 6.14. The van der Waals surface area contributed by atoms with Crippen molar-refractivity contribution in [2.45, 2.75) is 39.2 Å². The highest BCUT2D eigenvalue weighted by atomic mass is 19.1. The van der Waals surface area contributed by atoms with E-state index in [4.69, 9.17) is 14.5 Å². The monoisotopic (exact) mass is 627 g/mol. The first-order valence-corrected chi connectivity index (χ1v) is 15.6. The van der Waals surface area contributed by atoms with Crippen molar-refractivity contribution < 1.29 is 28.2 Å². The predicted octanol–water partition coefficient (Wildman–Crippen LogP) is 6.31. The number of amides is 4. The molecule has 2 aliphatic rings. The Hall–Kier alpha value is -4.93. The number of carbonyl (C=O) groups excluding carboxylic acids is 3. The number of imide groups is 1. The Morgan fingerprint density at radius 3 is 2.22 bits per heavy atom. The Labute approximate surface area is 267 Å². The van der Waals surface area contributed by atoms with Gasteiger partial charge in [0.15, 0.2) is 0 Å². The lowest BCUT2D eigenvalue weighted by molar-refractivity contribution is -0.135. The highest BCUT2D eigenvalue weighted by Crippen LogP contribution is 2.37. The minimum atomic E-state index is -0.666. The van der Waals surface area contributed by atoms with E-state index < -0.39 is 12.1 Å². The molecule has 11 heteroatoms. The third-order valence-electron chi connectivity index (χ3n) is 8.91. The van der Waals surface area contributed by atoms with E-state index in [2.05, 4.69) is 0 Å². The summed E-state index contributed by atoms with van der Waals surface area (Å²) < 4.78 is 27.1. The number of anilines is 1. The molecule has 6 rings (SSSR count). The van der Waals surface area contributed by atoms with Gasteiger partial charge in [-0.15, -0.1) is 0 Å². The van der Waals surface area contributed by atoms with Gasteiger partial charge >= 0.3 is 6.03 Å². The van der Waals surface area contributed by atoms with Crippen LogP contribution in [0.1, 0.15) is 45.0 Å². The van der Waals surface area contributed by atoms with Crippen LogP contribution < -0.4 is 14.4 Å². The number of nitrogens with zero attached hydrogens (tertiary/aromatic N) is 5. The number of fused-ring (bicyclic) bond motifs is 1. The van der Waals surface area contributed by atoms with Crippen LogP contribution in [-0.2, 0) is 16.6 Å². The molecular formula is C35H38FN5O5. The van der Waals surface area contributed by atoms with Crippen molar-refractivity contribution >= 4 is 34.6 Å². The van der Waals surface area contributed by atoms with Crippen molar-refractivity contribution in [2.75, 3.05) is 31.6 Å². The van der Waals surface area contributed by atoms with Crippen molar-refractivity contribution in [3.8, 4) is 17.2 Å². The van der Waals surface area contributed by atoms with Crippen LogP contribution in [0.4, 0.5) is 14.9 Å². The van der Waals surface area contributed by atoms with Crippen LogP contribution >= 0.6 is 0 Å². The Morgan fingerprint density at radius 1 is 0.957 bits per heavy atom. The summed E-state index contributed by atoms with van der Waals surface area (Å²) in [7, 11) is 3.38. The van der Waals surface area contributed by atoms with Gasteiger partial charge in [-0.3, -0.25) is 19.4 Å². The number of aromatic nitrogens is 2. The van der Waals surface area contributed by atoms with Gasteiger partial charge in [0.1, 0.15) is 35.4 Å². The molecule has 3 heterocycles. The summed E-state index contributed by atoms with van der Waals surface area (Å²) in [5.41, 5.74) is 1.74. The van der Waals surface area contributed by atoms with Crippen LogP contribution in [0.15, 0.2) is 66.7 Å². The van der Waals surface area contributed by atoms with Crippen molar-refractivity contribution in [2.24, 2.45) is 18.9 Å². The largest absolute Gasteiger partial charge is 0.497 e. The molecule has 0 aliphatic carbocycles. The topological polar surface area (TPSA) is 97.2 Å². The van der Waals surface area contributed by atoms with Gasteiger partial charge in [-0.2, -0.15) is 0 Å². The summed E-state index contributed by atoms with van der Waals surface area (Å²) in [5.74, 6) is 1.95.